The third kappa shape index (κ3) is 5.31. The highest BCUT2D eigenvalue weighted by Gasteiger charge is 2.36. The fourth-order valence-corrected chi connectivity index (χ4v) is 3.12. The van der Waals surface area contributed by atoms with Crippen LogP contribution in [-0.2, 0) is 25.7 Å². The Morgan fingerprint density at radius 2 is 1.88 bits per heavy atom. The summed E-state index contributed by atoms with van der Waals surface area (Å²) in [6, 6.07) is 9.15. The lowest BCUT2D eigenvalue weighted by Gasteiger charge is -2.37. The van der Waals surface area contributed by atoms with Gasteiger partial charge in [-0.25, -0.2) is 4.79 Å². The normalized spacial score (nSPS) is 20.0. The van der Waals surface area contributed by atoms with E-state index in [4.69, 9.17) is 9.47 Å². The summed E-state index contributed by atoms with van der Waals surface area (Å²) in [4.78, 5) is 37.8. The minimum atomic E-state index is -0.511. The molecule has 6 heteroatoms. The van der Waals surface area contributed by atoms with Gasteiger partial charge >= 0.3 is 12.1 Å². The van der Waals surface area contributed by atoms with Crippen LogP contribution in [0.1, 0.15) is 38.7 Å². The van der Waals surface area contributed by atoms with Gasteiger partial charge in [-0.15, -0.1) is 0 Å². The van der Waals surface area contributed by atoms with Crippen LogP contribution in [-0.4, -0.2) is 41.9 Å². The van der Waals surface area contributed by atoms with Crippen LogP contribution in [0.4, 0.5) is 4.79 Å². The minimum Gasteiger partial charge on any atom is -0.466 e. The Morgan fingerprint density at radius 3 is 2.56 bits per heavy atom. The van der Waals surface area contributed by atoms with E-state index >= 15 is 0 Å². The van der Waals surface area contributed by atoms with Crippen LogP contribution in [0.15, 0.2) is 30.3 Å². The molecule has 0 spiro atoms. The van der Waals surface area contributed by atoms with E-state index in [1.54, 1.807) is 11.8 Å². The molecule has 0 saturated carbocycles. The Labute approximate surface area is 148 Å². The van der Waals surface area contributed by atoms with Crippen molar-refractivity contribution in [3.8, 4) is 0 Å². The molecule has 1 amide bonds. The second-order valence-corrected chi connectivity index (χ2v) is 6.17. The van der Waals surface area contributed by atoms with Crippen molar-refractivity contribution in [3.63, 3.8) is 0 Å². The molecule has 0 aliphatic carbocycles. The number of likely N-dealkylation sites (tertiary alicyclic amines) is 1. The number of rotatable bonds is 6. The highest BCUT2D eigenvalue weighted by atomic mass is 16.6. The Balaban J connectivity index is 1.91. The maximum atomic E-state index is 12.4. The third-order valence-electron chi connectivity index (χ3n) is 4.47. The molecular weight excluding hydrogens is 322 g/mol. The number of amides is 1. The first kappa shape index (κ1) is 19.0. The van der Waals surface area contributed by atoms with Gasteiger partial charge < -0.3 is 14.4 Å². The highest BCUT2D eigenvalue weighted by Crippen LogP contribution is 2.26. The zero-order valence-corrected chi connectivity index (χ0v) is 14.8. The second-order valence-electron chi connectivity index (χ2n) is 6.17. The SMILES string of the molecule is CCOC(=O)CC(=O)C1CCCN(C(=O)OCc2ccccc2)C1C. The number of hydrogen-bond donors (Lipinski definition) is 0. The molecule has 136 valence electrons. The van der Waals surface area contributed by atoms with Crippen molar-refractivity contribution in [1.82, 2.24) is 4.90 Å². The van der Waals surface area contributed by atoms with Gasteiger partial charge in [0.2, 0.25) is 0 Å². The summed E-state index contributed by atoms with van der Waals surface area (Å²) in [7, 11) is 0. The molecule has 1 heterocycles. The van der Waals surface area contributed by atoms with Crippen LogP contribution >= 0.6 is 0 Å². The molecule has 1 aromatic rings. The number of ketones is 1. The molecule has 1 aliphatic rings. The van der Waals surface area contributed by atoms with E-state index in [-0.39, 0.29) is 37.4 Å². The number of carbonyl (C=O) groups is 3. The average Bonchev–Trinajstić information content (AvgIpc) is 2.60. The molecule has 0 N–H and O–H groups in total. The number of piperidine rings is 1. The van der Waals surface area contributed by atoms with Crippen molar-refractivity contribution in [3.05, 3.63) is 35.9 Å². The van der Waals surface area contributed by atoms with Gasteiger partial charge in [-0.2, -0.15) is 0 Å². The van der Waals surface area contributed by atoms with Gasteiger partial charge in [0, 0.05) is 18.5 Å². The van der Waals surface area contributed by atoms with Crippen LogP contribution in [0.3, 0.4) is 0 Å². The number of hydrogen-bond acceptors (Lipinski definition) is 5. The van der Waals surface area contributed by atoms with Crippen LogP contribution in [0.25, 0.3) is 0 Å². The number of nitrogens with zero attached hydrogens (tertiary/aromatic N) is 1. The lowest BCUT2D eigenvalue weighted by atomic mass is 9.86. The van der Waals surface area contributed by atoms with Gasteiger partial charge in [0.05, 0.1) is 6.61 Å². The molecule has 1 saturated heterocycles. The Kier molecular flexibility index (Phi) is 6.98. The number of esters is 1. The first-order valence-electron chi connectivity index (χ1n) is 8.68. The van der Waals surface area contributed by atoms with Crippen molar-refractivity contribution >= 4 is 17.8 Å². The highest BCUT2D eigenvalue weighted by molar-refractivity contribution is 5.97. The monoisotopic (exact) mass is 347 g/mol. The largest absolute Gasteiger partial charge is 0.466 e. The summed E-state index contributed by atoms with van der Waals surface area (Å²) < 4.78 is 10.2. The van der Waals surface area contributed by atoms with Gasteiger partial charge in [0.1, 0.15) is 18.8 Å². The topological polar surface area (TPSA) is 72.9 Å². The summed E-state index contributed by atoms with van der Waals surface area (Å²) in [5.74, 6) is -1.04. The zero-order chi connectivity index (χ0) is 18.2. The van der Waals surface area contributed by atoms with E-state index < -0.39 is 12.1 Å². The lowest BCUT2D eigenvalue weighted by molar-refractivity contribution is -0.147. The lowest BCUT2D eigenvalue weighted by Crippen LogP contribution is -2.49. The Hall–Kier alpha value is -2.37. The molecule has 25 heavy (non-hydrogen) atoms. The fourth-order valence-electron chi connectivity index (χ4n) is 3.12. The van der Waals surface area contributed by atoms with Crippen LogP contribution in [0, 0.1) is 5.92 Å². The van der Waals surface area contributed by atoms with E-state index in [9.17, 15) is 14.4 Å². The quantitative estimate of drug-likeness (QED) is 0.584. The van der Waals surface area contributed by atoms with E-state index in [2.05, 4.69) is 0 Å². The average molecular weight is 347 g/mol. The van der Waals surface area contributed by atoms with Gasteiger partial charge in [-0.05, 0) is 32.3 Å². The molecule has 2 rings (SSSR count). The predicted octanol–water partition coefficient (Wildman–Crippen LogP) is 2.95. The molecule has 0 aromatic heterocycles. The summed E-state index contributed by atoms with van der Waals surface area (Å²) in [6.07, 6.45) is 0.715. The first-order chi connectivity index (χ1) is 12.0. The maximum absolute atomic E-state index is 12.4. The van der Waals surface area contributed by atoms with Gasteiger partial charge in [-0.3, -0.25) is 9.59 Å². The molecular formula is C19H25NO5. The molecule has 2 atom stereocenters. The maximum Gasteiger partial charge on any atom is 0.410 e. The van der Waals surface area contributed by atoms with Crippen LogP contribution < -0.4 is 0 Å². The number of benzene rings is 1. The fraction of sp³-hybridized carbons (Fsp3) is 0.526. The number of carbonyl (C=O) groups excluding carboxylic acids is 3. The second kappa shape index (κ2) is 9.20. The van der Waals surface area contributed by atoms with Crippen molar-refractivity contribution in [1.29, 1.82) is 0 Å². The van der Waals surface area contributed by atoms with Gasteiger partial charge in [-0.1, -0.05) is 30.3 Å². The van der Waals surface area contributed by atoms with Gasteiger partial charge in [0.15, 0.2) is 0 Å². The zero-order valence-electron chi connectivity index (χ0n) is 14.8. The van der Waals surface area contributed by atoms with E-state index in [1.165, 1.54) is 0 Å². The van der Waals surface area contributed by atoms with Crippen LogP contribution in [0.2, 0.25) is 0 Å². The van der Waals surface area contributed by atoms with Gasteiger partial charge in [0.25, 0.3) is 0 Å². The number of ether oxygens (including phenoxy) is 2. The van der Waals surface area contributed by atoms with Crippen molar-refractivity contribution in [2.45, 2.75) is 45.8 Å². The molecule has 1 aliphatic heterocycles. The molecule has 0 radical (unpaired) electrons. The molecule has 2 unspecified atom stereocenters. The van der Waals surface area contributed by atoms with Crippen molar-refractivity contribution in [2.24, 2.45) is 5.92 Å². The van der Waals surface area contributed by atoms with Crippen molar-refractivity contribution < 1.29 is 23.9 Å². The summed E-state index contributed by atoms with van der Waals surface area (Å²) in [5.41, 5.74) is 0.912. The number of Topliss-reactive ketones (excluding diaryl/α,β-unsaturated/α-hetero) is 1. The molecule has 1 aromatic carbocycles. The third-order valence-corrected chi connectivity index (χ3v) is 4.47. The summed E-state index contributed by atoms with van der Waals surface area (Å²) >= 11 is 0. The molecule has 0 bridgehead atoms. The first-order valence-corrected chi connectivity index (χ1v) is 8.68. The van der Waals surface area contributed by atoms with E-state index in [0.717, 1.165) is 5.56 Å². The van der Waals surface area contributed by atoms with E-state index in [1.807, 2.05) is 37.3 Å². The van der Waals surface area contributed by atoms with Crippen LogP contribution in [0.5, 0.6) is 0 Å². The summed E-state index contributed by atoms with van der Waals surface area (Å²) in [5, 5.41) is 0. The Bertz CT molecular complexity index is 601. The predicted molar refractivity (Wildman–Crippen MR) is 91.8 cm³/mol. The smallest absolute Gasteiger partial charge is 0.410 e. The Morgan fingerprint density at radius 1 is 1.16 bits per heavy atom. The van der Waals surface area contributed by atoms with Crippen molar-refractivity contribution in [2.75, 3.05) is 13.2 Å². The summed E-state index contributed by atoms with van der Waals surface area (Å²) in [6.45, 7) is 4.54. The molecule has 1 fully saturated rings. The standard InChI is InChI=1S/C19H25NO5/c1-3-24-18(22)12-17(21)16-10-7-11-20(14(16)2)19(23)25-13-15-8-5-4-6-9-15/h4-6,8-9,14,16H,3,7,10-13H2,1-2H3. The minimum absolute atomic E-state index is 0.175. The molecule has 6 nitrogen and oxygen atoms in total. The van der Waals surface area contributed by atoms with E-state index in [0.29, 0.717) is 19.4 Å².